The second-order valence-electron chi connectivity index (χ2n) is 21.4. The molecule has 3 fully saturated rings. The lowest BCUT2D eigenvalue weighted by molar-refractivity contribution is -0.379. The minimum Gasteiger partial charge on any atom is -0.394 e. The van der Waals surface area contributed by atoms with Gasteiger partial charge in [0, 0.05) is 6.42 Å². The van der Waals surface area contributed by atoms with Gasteiger partial charge in [-0.05, 0) is 77.0 Å². The number of amides is 1. The van der Waals surface area contributed by atoms with Crippen molar-refractivity contribution in [2.75, 3.05) is 26.4 Å². The highest BCUT2D eigenvalue weighted by Gasteiger charge is 2.53. The summed E-state index contributed by atoms with van der Waals surface area (Å²) >= 11 is 0. The smallest absolute Gasteiger partial charge is 0.220 e. The fourth-order valence-electron chi connectivity index (χ4n) is 9.61. The largest absolute Gasteiger partial charge is 0.394 e. The Morgan fingerprint density at radius 3 is 1.37 bits per heavy atom. The summed E-state index contributed by atoms with van der Waals surface area (Å²) in [7, 11) is 0. The van der Waals surface area contributed by atoms with Crippen molar-refractivity contribution in [1.82, 2.24) is 5.32 Å². The number of aliphatic hydroxyl groups is 11. The van der Waals surface area contributed by atoms with Gasteiger partial charge in [-0.2, -0.15) is 0 Å². The number of rotatable bonds is 43. The van der Waals surface area contributed by atoms with E-state index < -0.39 is 124 Å². The van der Waals surface area contributed by atoms with E-state index in [1.54, 1.807) is 6.08 Å². The van der Waals surface area contributed by atoms with Crippen LogP contribution in [0.15, 0.2) is 97.2 Å². The van der Waals surface area contributed by atoms with E-state index in [1.807, 2.05) is 6.08 Å². The molecule has 17 unspecified atom stereocenters. The van der Waals surface area contributed by atoms with Crippen LogP contribution in [-0.2, 0) is 33.2 Å². The number of ether oxygens (including phenoxy) is 6. The summed E-state index contributed by atoms with van der Waals surface area (Å²) in [6.45, 7) is 1.47. The second-order valence-corrected chi connectivity index (χ2v) is 21.4. The average molecular weight is 1160 g/mol. The van der Waals surface area contributed by atoms with Gasteiger partial charge in [0.2, 0.25) is 5.91 Å². The molecule has 0 aliphatic carbocycles. The van der Waals surface area contributed by atoms with Crippen molar-refractivity contribution in [3.63, 3.8) is 0 Å². The van der Waals surface area contributed by atoms with Crippen molar-refractivity contribution in [1.29, 1.82) is 0 Å². The zero-order valence-corrected chi connectivity index (χ0v) is 48.9. The minimum atomic E-state index is -1.98. The normalized spacial score (nSPS) is 30.3. The van der Waals surface area contributed by atoms with E-state index in [0.717, 1.165) is 96.3 Å². The zero-order valence-electron chi connectivity index (χ0n) is 48.9. The molecule has 3 aliphatic rings. The summed E-state index contributed by atoms with van der Waals surface area (Å²) < 4.78 is 34.1. The van der Waals surface area contributed by atoms with Crippen LogP contribution in [0.1, 0.15) is 162 Å². The molecule has 3 aliphatic heterocycles. The molecule has 470 valence electrons. The third-order valence-corrected chi connectivity index (χ3v) is 14.6. The number of unbranched alkanes of at least 4 members (excludes halogenated alkanes) is 13. The van der Waals surface area contributed by atoms with E-state index in [-0.39, 0.29) is 18.9 Å². The van der Waals surface area contributed by atoms with Gasteiger partial charge >= 0.3 is 0 Å². The first-order chi connectivity index (χ1) is 39.8. The number of hydrogen-bond acceptors (Lipinski definition) is 18. The molecule has 17 atom stereocenters. The third kappa shape index (κ3) is 28.3. The summed E-state index contributed by atoms with van der Waals surface area (Å²) in [4.78, 5) is 13.3. The van der Waals surface area contributed by atoms with Crippen LogP contribution in [0, 0.1) is 0 Å². The summed E-state index contributed by atoms with van der Waals surface area (Å²) in [6.07, 6.45) is 30.0. The molecule has 0 bridgehead atoms. The summed E-state index contributed by atoms with van der Waals surface area (Å²) in [5.74, 6) is -0.300. The quantitative estimate of drug-likeness (QED) is 0.0255. The van der Waals surface area contributed by atoms with Crippen LogP contribution in [0.2, 0.25) is 0 Å². The van der Waals surface area contributed by atoms with Crippen LogP contribution in [0.5, 0.6) is 0 Å². The van der Waals surface area contributed by atoms with Crippen LogP contribution >= 0.6 is 0 Å². The summed E-state index contributed by atoms with van der Waals surface area (Å²) in [5.41, 5.74) is 0. The van der Waals surface area contributed by atoms with Gasteiger partial charge in [0.05, 0.1) is 38.6 Å². The van der Waals surface area contributed by atoms with Gasteiger partial charge in [-0.3, -0.25) is 4.79 Å². The Morgan fingerprint density at radius 1 is 0.451 bits per heavy atom. The molecule has 1 amide bonds. The average Bonchev–Trinajstić information content (AvgIpc) is 3.60. The molecule has 0 radical (unpaired) electrons. The Morgan fingerprint density at radius 2 is 0.854 bits per heavy atom. The standard InChI is InChI=1S/C63H105NO18/c1-3-5-7-9-11-13-14-15-16-17-18-19-20-21-22-23-24-25-26-27-28-29-30-31-32-33-35-37-39-41-51(69)64-46(47(68)40-38-36-34-12-10-8-6-4-2)45-77-61-57(75)54(72)59(49(43-66)79-61)82-63-58(76)55(73)60(50(44-67)80-63)81-62-56(74)53(71)52(70)48(42-65)78-62/h5,7,10-13,15-16,18-19,21-22,24-25,38,40,46-50,52-63,65-68,70-76H,3-4,6,8-9,14,17,20,23,26-37,39,41-45H2,1-2H3,(H,64,69)/b7-5-,12-10+,13-11-,16-15-,19-18-,22-21-,25-24-,40-38+. The van der Waals surface area contributed by atoms with Crippen LogP contribution in [0.3, 0.4) is 0 Å². The molecule has 12 N–H and O–H groups in total. The molecule has 0 spiro atoms. The van der Waals surface area contributed by atoms with Gasteiger partial charge in [0.25, 0.3) is 0 Å². The van der Waals surface area contributed by atoms with Crippen LogP contribution in [-0.4, -0.2) is 193 Å². The first-order valence-electron chi connectivity index (χ1n) is 30.5. The van der Waals surface area contributed by atoms with E-state index in [4.69, 9.17) is 28.4 Å². The van der Waals surface area contributed by atoms with Crippen LogP contribution in [0.4, 0.5) is 0 Å². The lowest BCUT2D eigenvalue weighted by atomic mass is 9.96. The Labute approximate surface area is 488 Å². The van der Waals surface area contributed by atoms with Crippen molar-refractivity contribution in [3.8, 4) is 0 Å². The minimum absolute atomic E-state index is 0.223. The topological polar surface area (TPSA) is 307 Å². The number of nitrogens with one attached hydrogen (secondary N) is 1. The Balaban J connectivity index is 1.39. The predicted octanol–water partition coefficient (Wildman–Crippen LogP) is 5.76. The Bertz CT molecular complexity index is 1870. The van der Waals surface area contributed by atoms with Crippen molar-refractivity contribution >= 4 is 5.91 Å². The number of allylic oxidation sites excluding steroid dienone is 15. The Hall–Kier alpha value is -3.29. The maximum atomic E-state index is 13.3. The summed E-state index contributed by atoms with van der Waals surface area (Å²) in [5, 5.41) is 120. The van der Waals surface area contributed by atoms with Gasteiger partial charge in [0.1, 0.15) is 73.2 Å². The first-order valence-corrected chi connectivity index (χ1v) is 30.5. The van der Waals surface area contributed by atoms with Crippen LogP contribution in [0.25, 0.3) is 0 Å². The first kappa shape index (κ1) is 73.0. The van der Waals surface area contributed by atoms with E-state index in [9.17, 15) is 61.0 Å². The fraction of sp³-hybridized carbons (Fsp3) is 0.730. The van der Waals surface area contributed by atoms with Gasteiger partial charge in [-0.25, -0.2) is 0 Å². The fourth-order valence-corrected chi connectivity index (χ4v) is 9.61. The van der Waals surface area contributed by atoms with Gasteiger partial charge in [-0.1, -0.05) is 175 Å². The highest BCUT2D eigenvalue weighted by Crippen LogP contribution is 2.33. The molecule has 0 saturated carbocycles. The van der Waals surface area contributed by atoms with Gasteiger partial charge in [0.15, 0.2) is 18.9 Å². The number of carbonyl (C=O) groups is 1. The van der Waals surface area contributed by atoms with Crippen molar-refractivity contribution in [2.24, 2.45) is 0 Å². The molecule has 19 nitrogen and oxygen atoms in total. The van der Waals surface area contributed by atoms with Gasteiger partial charge in [-0.15, -0.1) is 0 Å². The van der Waals surface area contributed by atoms with Crippen molar-refractivity contribution in [2.45, 2.75) is 266 Å². The van der Waals surface area contributed by atoms with E-state index >= 15 is 0 Å². The second kappa shape index (κ2) is 45.1. The number of aliphatic hydroxyl groups excluding tert-OH is 11. The molecule has 0 aromatic carbocycles. The molecule has 0 aromatic heterocycles. The van der Waals surface area contributed by atoms with Gasteiger partial charge < -0.3 is 89.9 Å². The monoisotopic (exact) mass is 1160 g/mol. The summed E-state index contributed by atoms with van der Waals surface area (Å²) in [6, 6.07) is -0.996. The Kier molecular flexibility index (Phi) is 40.1. The maximum absolute atomic E-state index is 13.3. The SMILES string of the molecule is CC/C=C\C/C=C\C/C=C\C/C=C\C/C=C\C/C=C\CCCCCCCCCCCCC(=O)NC(COC1OC(CO)C(OC2OC(CO)C(OC3OC(CO)C(O)C(O)C3O)C(O)C2O)C(O)C1O)C(O)/C=C/CC/C=C/CCCC. The lowest BCUT2D eigenvalue weighted by Crippen LogP contribution is -2.66. The predicted molar refractivity (Wildman–Crippen MR) is 314 cm³/mol. The highest BCUT2D eigenvalue weighted by molar-refractivity contribution is 5.76. The zero-order chi connectivity index (χ0) is 59.7. The third-order valence-electron chi connectivity index (χ3n) is 14.6. The number of hydrogen-bond donors (Lipinski definition) is 12. The van der Waals surface area contributed by atoms with E-state index in [2.05, 4.69) is 104 Å². The maximum Gasteiger partial charge on any atom is 0.220 e. The molecule has 0 aromatic rings. The van der Waals surface area contributed by atoms with Crippen LogP contribution < -0.4 is 5.32 Å². The number of carbonyl (C=O) groups excluding carboxylic acids is 1. The lowest BCUT2D eigenvalue weighted by Gasteiger charge is -2.48. The molecular formula is C63H105NO18. The molecule has 3 rings (SSSR count). The molecule has 82 heavy (non-hydrogen) atoms. The van der Waals surface area contributed by atoms with E-state index in [0.29, 0.717) is 12.8 Å². The molecular weight excluding hydrogens is 1060 g/mol. The highest BCUT2D eigenvalue weighted by atomic mass is 16.8. The molecule has 3 saturated heterocycles. The molecule has 19 heteroatoms. The van der Waals surface area contributed by atoms with E-state index in [1.165, 1.54) is 32.1 Å². The van der Waals surface area contributed by atoms with Crippen molar-refractivity contribution in [3.05, 3.63) is 97.2 Å². The molecule has 3 heterocycles. The van der Waals surface area contributed by atoms with Crippen molar-refractivity contribution < 1.29 is 89.4 Å².